The van der Waals surface area contributed by atoms with Gasteiger partial charge in [0.2, 0.25) is 0 Å². The molecule has 4 rings (SSSR count). The van der Waals surface area contributed by atoms with Gasteiger partial charge in [-0.05, 0) is 68.5 Å². The lowest BCUT2D eigenvalue weighted by atomic mass is 9.91. The van der Waals surface area contributed by atoms with Crippen molar-refractivity contribution in [2.24, 2.45) is 0 Å². The first-order valence-electron chi connectivity index (χ1n) is 12.0. The van der Waals surface area contributed by atoms with Crippen molar-refractivity contribution in [3.8, 4) is 11.8 Å². The molecule has 1 N–H and O–H groups in total. The Bertz CT molecular complexity index is 1240. The van der Waals surface area contributed by atoms with Gasteiger partial charge in [0.05, 0.1) is 22.9 Å². The highest BCUT2D eigenvalue weighted by atomic mass is 19.4. The minimum atomic E-state index is -4.82. The SMILES string of the molecule is C=C1CCN(C2CCC2)CC/C1=C/C(=C\C)NC(=O)c1cn(-c2ccc(C#N)cc2)nc1C(F)(F)F. The van der Waals surface area contributed by atoms with Crippen molar-refractivity contribution < 1.29 is 18.0 Å². The van der Waals surface area contributed by atoms with E-state index < -0.39 is 23.3 Å². The van der Waals surface area contributed by atoms with Gasteiger partial charge in [-0.3, -0.25) is 9.69 Å². The summed E-state index contributed by atoms with van der Waals surface area (Å²) >= 11 is 0. The number of nitrogens with zero attached hydrogens (tertiary/aromatic N) is 4. The number of carbonyl (C=O) groups is 1. The van der Waals surface area contributed by atoms with Crippen LogP contribution in [-0.2, 0) is 6.18 Å². The lowest BCUT2D eigenvalue weighted by Crippen LogP contribution is -2.40. The number of aromatic nitrogens is 2. The van der Waals surface area contributed by atoms with Crippen LogP contribution in [0.25, 0.3) is 5.69 Å². The maximum atomic E-state index is 13.7. The molecular weight excluding hydrogens is 467 g/mol. The normalized spacial score (nSPS) is 19.0. The number of benzene rings is 1. The Balaban J connectivity index is 1.55. The van der Waals surface area contributed by atoms with Crippen LogP contribution in [0.4, 0.5) is 13.2 Å². The van der Waals surface area contributed by atoms with E-state index >= 15 is 0 Å². The zero-order chi connectivity index (χ0) is 25.9. The van der Waals surface area contributed by atoms with Crippen LogP contribution in [0.5, 0.6) is 0 Å². The van der Waals surface area contributed by atoms with Crippen molar-refractivity contribution in [3.63, 3.8) is 0 Å². The number of amides is 1. The molecule has 2 heterocycles. The van der Waals surface area contributed by atoms with E-state index in [1.165, 1.54) is 43.5 Å². The van der Waals surface area contributed by atoms with Crippen molar-refractivity contribution in [1.29, 1.82) is 5.26 Å². The Hall–Kier alpha value is -3.64. The summed E-state index contributed by atoms with van der Waals surface area (Å²) in [6.07, 6.45) is 5.00. The average molecular weight is 496 g/mol. The second kappa shape index (κ2) is 10.5. The van der Waals surface area contributed by atoms with E-state index in [4.69, 9.17) is 5.26 Å². The third kappa shape index (κ3) is 5.60. The molecule has 9 heteroatoms. The van der Waals surface area contributed by atoms with Gasteiger partial charge in [0, 0.05) is 31.0 Å². The number of allylic oxidation sites excluding steroid dienone is 2. The summed E-state index contributed by atoms with van der Waals surface area (Å²) in [4.78, 5) is 15.5. The van der Waals surface area contributed by atoms with Gasteiger partial charge in [-0.2, -0.15) is 23.5 Å². The topological polar surface area (TPSA) is 74.0 Å². The van der Waals surface area contributed by atoms with Crippen LogP contribution in [0.2, 0.25) is 0 Å². The first-order chi connectivity index (χ1) is 17.2. The molecule has 0 bridgehead atoms. The molecule has 1 aliphatic carbocycles. The van der Waals surface area contributed by atoms with E-state index in [2.05, 4.69) is 21.9 Å². The van der Waals surface area contributed by atoms with Gasteiger partial charge < -0.3 is 5.32 Å². The second-order valence-corrected chi connectivity index (χ2v) is 9.08. The van der Waals surface area contributed by atoms with Gasteiger partial charge in [-0.15, -0.1) is 0 Å². The van der Waals surface area contributed by atoms with Crippen LogP contribution < -0.4 is 5.32 Å². The zero-order valence-corrected chi connectivity index (χ0v) is 20.1. The fourth-order valence-electron chi connectivity index (χ4n) is 4.43. The van der Waals surface area contributed by atoms with Crippen LogP contribution in [0.15, 0.2) is 66.0 Å². The molecule has 1 saturated heterocycles. The maximum Gasteiger partial charge on any atom is 0.435 e. The number of rotatable bonds is 5. The largest absolute Gasteiger partial charge is 0.435 e. The minimum Gasteiger partial charge on any atom is -0.322 e. The predicted molar refractivity (Wildman–Crippen MR) is 130 cm³/mol. The lowest BCUT2D eigenvalue weighted by molar-refractivity contribution is -0.141. The fourth-order valence-corrected chi connectivity index (χ4v) is 4.43. The molecule has 0 radical (unpaired) electrons. The molecule has 1 saturated carbocycles. The molecule has 6 nitrogen and oxygen atoms in total. The second-order valence-electron chi connectivity index (χ2n) is 9.08. The molecule has 1 aromatic carbocycles. The molecule has 0 spiro atoms. The Morgan fingerprint density at radius 1 is 1.22 bits per heavy atom. The minimum absolute atomic E-state index is 0.303. The van der Waals surface area contributed by atoms with Crippen molar-refractivity contribution >= 4 is 5.91 Å². The monoisotopic (exact) mass is 495 g/mol. The number of alkyl halides is 3. The zero-order valence-electron chi connectivity index (χ0n) is 20.1. The quantitative estimate of drug-likeness (QED) is 0.592. The maximum absolute atomic E-state index is 13.7. The first kappa shape index (κ1) is 25.5. The van der Waals surface area contributed by atoms with Gasteiger partial charge in [0.1, 0.15) is 0 Å². The highest BCUT2D eigenvalue weighted by Gasteiger charge is 2.39. The Morgan fingerprint density at radius 2 is 1.92 bits per heavy atom. The number of hydrogen-bond acceptors (Lipinski definition) is 4. The predicted octanol–water partition coefficient (Wildman–Crippen LogP) is 5.53. The fraction of sp³-hybridized carbons (Fsp3) is 0.370. The number of likely N-dealkylation sites (tertiary alicyclic amines) is 1. The van der Waals surface area contributed by atoms with Crippen LogP contribution >= 0.6 is 0 Å². The van der Waals surface area contributed by atoms with Crippen LogP contribution in [-0.4, -0.2) is 39.7 Å². The summed E-state index contributed by atoms with van der Waals surface area (Å²) in [6, 6.07) is 8.47. The number of carbonyl (C=O) groups excluding carboxylic acids is 1. The third-order valence-corrected chi connectivity index (χ3v) is 6.80. The molecule has 1 aromatic heterocycles. The van der Waals surface area contributed by atoms with E-state index in [-0.39, 0.29) is 0 Å². The van der Waals surface area contributed by atoms with Gasteiger partial charge in [-0.1, -0.05) is 24.6 Å². The Kier molecular flexibility index (Phi) is 7.45. The van der Waals surface area contributed by atoms with Crippen molar-refractivity contribution in [1.82, 2.24) is 20.0 Å². The summed E-state index contributed by atoms with van der Waals surface area (Å²) in [6.45, 7) is 7.76. The molecule has 0 unspecified atom stereocenters. The number of hydrogen-bond donors (Lipinski definition) is 1. The summed E-state index contributed by atoms with van der Waals surface area (Å²) in [5.41, 5.74) is 1.19. The summed E-state index contributed by atoms with van der Waals surface area (Å²) < 4.78 is 42.2. The first-order valence-corrected chi connectivity index (χ1v) is 12.0. The van der Waals surface area contributed by atoms with Crippen LogP contribution in [0.1, 0.15) is 60.6 Å². The molecule has 36 heavy (non-hydrogen) atoms. The molecule has 2 aliphatic rings. The highest BCUT2D eigenvalue weighted by molar-refractivity contribution is 5.96. The third-order valence-electron chi connectivity index (χ3n) is 6.80. The summed E-state index contributed by atoms with van der Waals surface area (Å²) in [7, 11) is 0. The Morgan fingerprint density at radius 3 is 2.50 bits per heavy atom. The summed E-state index contributed by atoms with van der Waals surface area (Å²) in [5, 5.41) is 15.2. The van der Waals surface area contributed by atoms with Gasteiger partial charge in [0.15, 0.2) is 5.69 Å². The molecule has 1 amide bonds. The smallest absolute Gasteiger partial charge is 0.322 e. The van der Waals surface area contributed by atoms with Gasteiger partial charge in [0.25, 0.3) is 5.91 Å². The molecule has 2 fully saturated rings. The molecule has 0 atom stereocenters. The van der Waals surface area contributed by atoms with Crippen LogP contribution in [0.3, 0.4) is 0 Å². The van der Waals surface area contributed by atoms with E-state index in [0.29, 0.717) is 23.0 Å². The van der Waals surface area contributed by atoms with Crippen molar-refractivity contribution in [3.05, 3.63) is 82.9 Å². The molecule has 1 aliphatic heterocycles. The number of nitriles is 1. The Labute approximate surface area is 208 Å². The molecule has 2 aromatic rings. The lowest BCUT2D eigenvalue weighted by Gasteiger charge is -2.36. The van der Waals surface area contributed by atoms with Gasteiger partial charge in [-0.25, -0.2) is 4.68 Å². The number of halogens is 3. The van der Waals surface area contributed by atoms with E-state index in [1.807, 2.05) is 12.1 Å². The van der Waals surface area contributed by atoms with E-state index in [1.54, 1.807) is 13.0 Å². The van der Waals surface area contributed by atoms with E-state index in [0.717, 1.165) is 48.0 Å². The molecule has 188 valence electrons. The highest BCUT2D eigenvalue weighted by Crippen LogP contribution is 2.32. The number of nitrogens with one attached hydrogen (secondary N) is 1. The van der Waals surface area contributed by atoms with E-state index in [9.17, 15) is 18.0 Å². The van der Waals surface area contributed by atoms with Crippen molar-refractivity contribution in [2.45, 2.75) is 51.2 Å². The molecular formula is C27H28F3N5O. The van der Waals surface area contributed by atoms with Crippen LogP contribution in [0, 0.1) is 11.3 Å². The average Bonchev–Trinajstić information content (AvgIpc) is 3.21. The van der Waals surface area contributed by atoms with Crippen molar-refractivity contribution in [2.75, 3.05) is 13.1 Å². The summed E-state index contributed by atoms with van der Waals surface area (Å²) in [5.74, 6) is -0.900. The standard InChI is InChI=1S/C27H28F3N5O/c1-3-21(15-20-12-14-34(13-11-18(20)2)22-5-4-6-22)32-26(36)24-17-35(33-25(24)27(28,29)30)23-9-7-19(16-31)8-10-23/h3,7-10,15,17,22H,2,4-6,11-14H2,1H3,(H,32,36)/b20-15-,21-3+. The van der Waals surface area contributed by atoms with Gasteiger partial charge >= 0.3 is 6.18 Å².